The number of fused-ring (bicyclic) bond motifs is 1. The van der Waals surface area contributed by atoms with Gasteiger partial charge in [0.15, 0.2) is 0 Å². The molecule has 1 heterocycles. The van der Waals surface area contributed by atoms with Gasteiger partial charge in [-0.25, -0.2) is 0 Å². The largest absolute Gasteiger partial charge is 0.417 e. The summed E-state index contributed by atoms with van der Waals surface area (Å²) >= 11 is 5.00. The molecule has 0 aliphatic heterocycles. The van der Waals surface area contributed by atoms with E-state index in [-0.39, 0.29) is 9.61 Å². The number of allylic oxidation sites excluding steroid dienone is 1. The van der Waals surface area contributed by atoms with Gasteiger partial charge < -0.3 is 5.32 Å². The van der Waals surface area contributed by atoms with Crippen LogP contribution in [0.25, 0.3) is 16.3 Å². The first-order valence-corrected chi connectivity index (χ1v) is 8.85. The van der Waals surface area contributed by atoms with Gasteiger partial charge in [0.25, 0.3) is 3.91 Å². The van der Waals surface area contributed by atoms with E-state index in [2.05, 4.69) is 32.8 Å². The van der Waals surface area contributed by atoms with Gasteiger partial charge in [-0.2, -0.15) is 13.2 Å². The number of nitrogens with zero attached hydrogens (tertiary/aromatic N) is 1. The van der Waals surface area contributed by atoms with E-state index in [0.717, 1.165) is 0 Å². The zero-order chi connectivity index (χ0) is 17.9. The minimum atomic E-state index is -4.55. The maximum absolute atomic E-state index is 13.1. The molecule has 24 heavy (non-hydrogen) atoms. The Morgan fingerprint density at radius 2 is 2.04 bits per heavy atom. The number of aromatic nitrogens is 1. The van der Waals surface area contributed by atoms with E-state index < -0.39 is 11.7 Å². The third-order valence-corrected chi connectivity index (χ3v) is 4.45. The summed E-state index contributed by atoms with van der Waals surface area (Å²) in [7, 11) is 0. The second-order valence-electron chi connectivity index (χ2n) is 5.08. The molecule has 0 saturated carbocycles. The van der Waals surface area contributed by atoms with Crippen LogP contribution in [0.5, 0.6) is 0 Å². The summed E-state index contributed by atoms with van der Waals surface area (Å²) in [4.78, 5) is 15.0. The number of pyridine rings is 1. The molecule has 0 spiro atoms. The van der Waals surface area contributed by atoms with Crippen LogP contribution < -0.4 is 5.32 Å². The number of amides is 1. The lowest BCUT2D eigenvalue weighted by molar-refractivity contribution is -0.0688. The van der Waals surface area contributed by atoms with Gasteiger partial charge in [0.1, 0.15) is 0 Å². The summed E-state index contributed by atoms with van der Waals surface area (Å²) < 4.78 is 39.8. The summed E-state index contributed by atoms with van der Waals surface area (Å²) in [5, 5.41) is 3.69. The summed E-state index contributed by atoms with van der Waals surface area (Å²) in [6, 6.07) is 6.79. The molecule has 0 fully saturated rings. The van der Waals surface area contributed by atoms with Crippen LogP contribution in [0, 0.1) is 0 Å². The number of carbonyl (C=O) groups excluding carboxylic acids is 1. The van der Waals surface area contributed by atoms with Crippen molar-refractivity contribution in [3.05, 3.63) is 46.7 Å². The third-order valence-electron chi connectivity index (χ3n) is 3.38. The Labute approximate surface area is 159 Å². The van der Waals surface area contributed by atoms with Gasteiger partial charge in [0, 0.05) is 44.7 Å². The van der Waals surface area contributed by atoms with E-state index in [1.807, 2.05) is 0 Å². The van der Waals surface area contributed by atoms with Gasteiger partial charge >= 0.3 is 6.18 Å². The average molecular weight is 513 g/mol. The van der Waals surface area contributed by atoms with Crippen LogP contribution in [0.15, 0.2) is 35.3 Å². The van der Waals surface area contributed by atoms with Crippen molar-refractivity contribution in [1.29, 1.82) is 0 Å². The van der Waals surface area contributed by atoms with Crippen molar-refractivity contribution in [2.24, 2.45) is 0 Å². The van der Waals surface area contributed by atoms with Gasteiger partial charge in [-0.15, -0.1) is 0 Å². The number of nitrogens with one attached hydrogen (secondary N) is 1. The van der Waals surface area contributed by atoms with E-state index in [1.54, 1.807) is 46.9 Å². The van der Waals surface area contributed by atoms with E-state index in [1.165, 1.54) is 0 Å². The Balaban J connectivity index is 2.41. The first-order valence-electron chi connectivity index (χ1n) is 6.98. The first-order chi connectivity index (χ1) is 11.2. The molecule has 2 rings (SSSR count). The molecule has 3 nitrogen and oxygen atoms in total. The van der Waals surface area contributed by atoms with Crippen molar-refractivity contribution in [3.8, 4) is 0 Å². The van der Waals surface area contributed by atoms with Crippen LogP contribution in [0.3, 0.4) is 0 Å². The zero-order valence-corrected chi connectivity index (χ0v) is 16.1. The number of benzene rings is 1. The lowest BCUT2D eigenvalue weighted by atomic mass is 10.0. The molecule has 0 saturated heterocycles. The topological polar surface area (TPSA) is 42.0 Å². The van der Waals surface area contributed by atoms with Gasteiger partial charge in [-0.3, -0.25) is 9.78 Å². The van der Waals surface area contributed by atoms with Crippen molar-refractivity contribution in [2.75, 3.05) is 6.54 Å². The predicted octanol–water partition coefficient (Wildman–Crippen LogP) is 5.65. The van der Waals surface area contributed by atoms with Crippen molar-refractivity contribution < 1.29 is 18.0 Å². The fourth-order valence-corrected chi connectivity index (χ4v) is 2.99. The molecule has 1 aromatic carbocycles. The van der Waals surface area contributed by atoms with Gasteiger partial charge in [-0.05, 0) is 30.4 Å². The quantitative estimate of drug-likeness (QED) is 0.243. The lowest BCUT2D eigenvalue weighted by Gasteiger charge is -2.14. The molecular weight excluding hydrogens is 500 g/mol. The standard InChI is InChI=1S/C16H13BrF3IN2O/c1-9(16(18,19)20)14-11-5-2-6-13(17)12(11)8-10(23-14)4-3-7-22-15(21)24/h2,5-6,8H,1,3-4,7H2,(H,22,24). The molecule has 0 radical (unpaired) electrons. The highest BCUT2D eigenvalue weighted by Crippen LogP contribution is 2.36. The smallest absolute Gasteiger partial charge is 0.347 e. The Kier molecular flexibility index (Phi) is 6.24. The third kappa shape index (κ3) is 4.69. The van der Waals surface area contributed by atoms with Gasteiger partial charge in [0.2, 0.25) is 0 Å². The lowest BCUT2D eigenvalue weighted by Crippen LogP contribution is -2.18. The molecule has 128 valence electrons. The van der Waals surface area contributed by atoms with Crippen molar-refractivity contribution in [2.45, 2.75) is 19.0 Å². The molecule has 0 bridgehead atoms. The number of aryl methyl sites for hydroxylation is 1. The fourth-order valence-electron chi connectivity index (χ4n) is 2.24. The summed E-state index contributed by atoms with van der Waals surface area (Å²) in [6.45, 7) is 3.61. The molecule has 1 N–H and O–H groups in total. The molecule has 0 aliphatic carbocycles. The van der Waals surface area contributed by atoms with Crippen molar-refractivity contribution in [3.63, 3.8) is 0 Å². The fraction of sp³-hybridized carbons (Fsp3) is 0.250. The van der Waals surface area contributed by atoms with Crippen molar-refractivity contribution >= 4 is 58.8 Å². The van der Waals surface area contributed by atoms with E-state index in [0.29, 0.717) is 40.3 Å². The molecule has 1 amide bonds. The summed E-state index contributed by atoms with van der Waals surface area (Å²) in [5.74, 6) is 0. The minimum Gasteiger partial charge on any atom is -0.347 e. The zero-order valence-electron chi connectivity index (χ0n) is 12.4. The van der Waals surface area contributed by atoms with Gasteiger partial charge in [-0.1, -0.05) is 34.6 Å². The average Bonchev–Trinajstić information content (AvgIpc) is 2.50. The summed E-state index contributed by atoms with van der Waals surface area (Å²) in [6.07, 6.45) is -3.52. The maximum atomic E-state index is 13.1. The molecular formula is C16H13BrF3IN2O. The van der Waals surface area contributed by atoms with E-state index in [4.69, 9.17) is 0 Å². The molecule has 0 unspecified atom stereocenters. The molecule has 0 aliphatic rings. The number of hydrogen-bond donors (Lipinski definition) is 1. The van der Waals surface area contributed by atoms with E-state index in [9.17, 15) is 18.0 Å². The van der Waals surface area contributed by atoms with Gasteiger partial charge in [0.05, 0.1) is 11.3 Å². The number of hydrogen-bond acceptors (Lipinski definition) is 2. The Morgan fingerprint density at radius 1 is 1.33 bits per heavy atom. The molecule has 1 aromatic heterocycles. The van der Waals surface area contributed by atoms with Crippen LogP contribution in [0.1, 0.15) is 17.8 Å². The monoisotopic (exact) mass is 512 g/mol. The number of carbonyl (C=O) groups is 1. The highest BCUT2D eigenvalue weighted by atomic mass is 127. The number of halogens is 5. The van der Waals surface area contributed by atoms with Crippen LogP contribution in [0.4, 0.5) is 18.0 Å². The highest BCUT2D eigenvalue weighted by molar-refractivity contribution is 14.1. The number of alkyl halides is 3. The summed E-state index contributed by atoms with van der Waals surface area (Å²) in [5.41, 5.74) is -0.597. The molecule has 2 aromatic rings. The Bertz CT molecular complexity index is 793. The molecule has 0 atom stereocenters. The number of rotatable bonds is 5. The van der Waals surface area contributed by atoms with Crippen LogP contribution >= 0.6 is 38.5 Å². The minimum absolute atomic E-state index is 0.158. The second kappa shape index (κ2) is 7.81. The van der Waals surface area contributed by atoms with Crippen LogP contribution in [0.2, 0.25) is 0 Å². The maximum Gasteiger partial charge on any atom is 0.417 e. The second-order valence-corrected chi connectivity index (χ2v) is 6.91. The predicted molar refractivity (Wildman–Crippen MR) is 100 cm³/mol. The van der Waals surface area contributed by atoms with E-state index >= 15 is 0 Å². The SMILES string of the molecule is C=C(c1nc(CCCNC(=O)I)cc2c(Br)cccc12)C(F)(F)F. The Morgan fingerprint density at radius 3 is 2.67 bits per heavy atom. The Hall–Kier alpha value is -1.16. The van der Waals surface area contributed by atoms with Crippen molar-refractivity contribution in [1.82, 2.24) is 10.3 Å². The van der Waals surface area contributed by atoms with Crippen LogP contribution in [-0.4, -0.2) is 21.6 Å². The highest BCUT2D eigenvalue weighted by Gasteiger charge is 2.35. The van der Waals surface area contributed by atoms with Crippen LogP contribution in [-0.2, 0) is 6.42 Å². The normalized spacial score (nSPS) is 11.5. The molecule has 8 heteroatoms. The first kappa shape index (κ1) is 19.2.